The number of hydrogen-bond acceptors (Lipinski definition) is 3. The zero-order valence-electron chi connectivity index (χ0n) is 9.23. The van der Waals surface area contributed by atoms with E-state index in [9.17, 15) is 4.79 Å². The Hall–Kier alpha value is -1.55. The van der Waals surface area contributed by atoms with Gasteiger partial charge in [-0.15, -0.1) is 0 Å². The van der Waals surface area contributed by atoms with Crippen LogP contribution in [0.25, 0.3) is 0 Å². The monoisotopic (exact) mass is 221 g/mol. The van der Waals surface area contributed by atoms with E-state index in [0.717, 1.165) is 12.4 Å². The first kappa shape index (κ1) is 11.0. The van der Waals surface area contributed by atoms with Crippen LogP contribution in [0.15, 0.2) is 24.3 Å². The van der Waals surface area contributed by atoms with Gasteiger partial charge < -0.3 is 14.8 Å². The summed E-state index contributed by atoms with van der Waals surface area (Å²) in [5.41, 5.74) is 0.617. The fraction of sp³-hybridized carbons (Fsp3) is 0.417. The highest BCUT2D eigenvalue weighted by Gasteiger charge is 2.22. The molecule has 1 aliphatic rings. The Morgan fingerprint density at radius 2 is 2.44 bits per heavy atom. The van der Waals surface area contributed by atoms with E-state index < -0.39 is 0 Å². The Balaban J connectivity index is 1.94. The normalized spacial score (nSPS) is 17.9. The first-order chi connectivity index (χ1) is 7.79. The van der Waals surface area contributed by atoms with E-state index in [-0.39, 0.29) is 12.0 Å². The van der Waals surface area contributed by atoms with Crippen molar-refractivity contribution in [1.29, 1.82) is 0 Å². The zero-order valence-corrected chi connectivity index (χ0v) is 9.23. The molecule has 1 heterocycles. The molecule has 0 aliphatic carbocycles. The van der Waals surface area contributed by atoms with E-state index in [1.165, 1.54) is 0 Å². The van der Waals surface area contributed by atoms with Crippen LogP contribution in [0.5, 0.6) is 5.75 Å². The summed E-state index contributed by atoms with van der Waals surface area (Å²) in [6, 6.07) is 7.16. The minimum atomic E-state index is -0.0861. The molecule has 1 amide bonds. The van der Waals surface area contributed by atoms with Crippen molar-refractivity contribution in [2.45, 2.75) is 13.0 Å². The molecule has 1 saturated heterocycles. The Kier molecular flexibility index (Phi) is 3.41. The van der Waals surface area contributed by atoms with Gasteiger partial charge in [-0.25, -0.2) is 0 Å². The number of epoxide rings is 1. The van der Waals surface area contributed by atoms with Crippen LogP contribution in [-0.2, 0) is 4.74 Å². The average Bonchev–Trinajstić information content (AvgIpc) is 3.10. The zero-order chi connectivity index (χ0) is 11.4. The van der Waals surface area contributed by atoms with Crippen LogP contribution in [0, 0.1) is 0 Å². The maximum absolute atomic E-state index is 11.7. The third kappa shape index (κ3) is 2.97. The fourth-order valence-electron chi connectivity index (χ4n) is 1.39. The number of hydrogen-bond donors (Lipinski definition) is 1. The van der Waals surface area contributed by atoms with E-state index in [4.69, 9.17) is 9.47 Å². The minimum absolute atomic E-state index is 0.0861. The molecule has 86 valence electrons. The molecule has 0 bridgehead atoms. The van der Waals surface area contributed by atoms with Crippen LogP contribution >= 0.6 is 0 Å². The van der Waals surface area contributed by atoms with Crippen LogP contribution in [0.2, 0.25) is 0 Å². The molecule has 0 spiro atoms. The number of rotatable bonds is 5. The molecular weight excluding hydrogens is 206 g/mol. The average molecular weight is 221 g/mol. The first-order valence-electron chi connectivity index (χ1n) is 5.42. The quantitative estimate of drug-likeness (QED) is 0.760. The van der Waals surface area contributed by atoms with E-state index >= 15 is 0 Å². The lowest BCUT2D eigenvalue weighted by Crippen LogP contribution is -2.27. The summed E-state index contributed by atoms with van der Waals surface area (Å²) >= 11 is 0. The third-order valence-electron chi connectivity index (χ3n) is 2.30. The van der Waals surface area contributed by atoms with Crippen molar-refractivity contribution < 1.29 is 14.3 Å². The van der Waals surface area contributed by atoms with Gasteiger partial charge in [-0.1, -0.05) is 6.07 Å². The van der Waals surface area contributed by atoms with Gasteiger partial charge in [-0.3, -0.25) is 4.79 Å². The van der Waals surface area contributed by atoms with Gasteiger partial charge >= 0.3 is 0 Å². The van der Waals surface area contributed by atoms with Gasteiger partial charge in [0, 0.05) is 12.1 Å². The van der Waals surface area contributed by atoms with E-state index in [1.807, 2.05) is 19.1 Å². The molecule has 0 radical (unpaired) electrons. The highest BCUT2D eigenvalue weighted by molar-refractivity contribution is 5.94. The van der Waals surface area contributed by atoms with Gasteiger partial charge in [-0.05, 0) is 25.1 Å². The SMILES string of the molecule is CCOc1cccc(C(=O)NC[C@@H]2CO2)c1. The van der Waals surface area contributed by atoms with Crippen molar-refractivity contribution in [3.63, 3.8) is 0 Å². The number of benzene rings is 1. The molecule has 1 aliphatic heterocycles. The maximum Gasteiger partial charge on any atom is 0.251 e. The summed E-state index contributed by atoms with van der Waals surface area (Å²) in [4.78, 5) is 11.7. The molecule has 2 rings (SSSR count). The second kappa shape index (κ2) is 4.99. The summed E-state index contributed by atoms with van der Waals surface area (Å²) < 4.78 is 10.3. The van der Waals surface area contributed by atoms with Gasteiger partial charge in [0.2, 0.25) is 0 Å². The summed E-state index contributed by atoms with van der Waals surface area (Å²) in [6.45, 7) is 3.84. The van der Waals surface area contributed by atoms with Crippen LogP contribution < -0.4 is 10.1 Å². The van der Waals surface area contributed by atoms with E-state index in [1.54, 1.807) is 12.1 Å². The van der Waals surface area contributed by atoms with Crippen molar-refractivity contribution in [1.82, 2.24) is 5.32 Å². The van der Waals surface area contributed by atoms with Gasteiger partial charge in [0.05, 0.1) is 19.3 Å². The highest BCUT2D eigenvalue weighted by atomic mass is 16.6. The summed E-state index contributed by atoms with van der Waals surface area (Å²) in [6.07, 6.45) is 0.207. The highest BCUT2D eigenvalue weighted by Crippen LogP contribution is 2.13. The molecular formula is C12H15NO3. The lowest BCUT2D eigenvalue weighted by molar-refractivity contribution is 0.0950. The second-order valence-corrected chi connectivity index (χ2v) is 3.63. The molecule has 1 fully saturated rings. The van der Waals surface area contributed by atoms with Crippen molar-refractivity contribution >= 4 is 5.91 Å². The largest absolute Gasteiger partial charge is 0.494 e. The molecule has 1 aromatic carbocycles. The Morgan fingerprint density at radius 1 is 1.62 bits per heavy atom. The summed E-state index contributed by atoms with van der Waals surface area (Å²) in [7, 11) is 0. The van der Waals surface area contributed by atoms with Gasteiger partial charge in [0.1, 0.15) is 5.75 Å². The number of amides is 1. The Labute approximate surface area is 94.6 Å². The summed E-state index contributed by atoms with van der Waals surface area (Å²) in [5.74, 6) is 0.634. The van der Waals surface area contributed by atoms with Crippen molar-refractivity contribution in [3.8, 4) is 5.75 Å². The van der Waals surface area contributed by atoms with E-state index in [2.05, 4.69) is 5.32 Å². The molecule has 16 heavy (non-hydrogen) atoms. The fourth-order valence-corrected chi connectivity index (χ4v) is 1.39. The maximum atomic E-state index is 11.7. The predicted octanol–water partition coefficient (Wildman–Crippen LogP) is 1.21. The molecule has 0 aromatic heterocycles. The van der Waals surface area contributed by atoms with E-state index in [0.29, 0.717) is 18.7 Å². The Bertz CT molecular complexity index is 374. The summed E-state index contributed by atoms with van der Waals surface area (Å²) in [5, 5.41) is 2.81. The van der Waals surface area contributed by atoms with Crippen LogP contribution in [0.1, 0.15) is 17.3 Å². The number of nitrogens with one attached hydrogen (secondary N) is 1. The number of carbonyl (C=O) groups is 1. The van der Waals surface area contributed by atoms with Gasteiger partial charge in [-0.2, -0.15) is 0 Å². The lowest BCUT2D eigenvalue weighted by Gasteiger charge is -2.06. The molecule has 0 saturated carbocycles. The topological polar surface area (TPSA) is 50.9 Å². The van der Waals surface area contributed by atoms with Crippen LogP contribution in [-0.4, -0.2) is 31.8 Å². The second-order valence-electron chi connectivity index (χ2n) is 3.63. The van der Waals surface area contributed by atoms with Gasteiger partial charge in [0.15, 0.2) is 0 Å². The lowest BCUT2D eigenvalue weighted by atomic mass is 10.2. The predicted molar refractivity (Wildman–Crippen MR) is 59.7 cm³/mol. The third-order valence-corrected chi connectivity index (χ3v) is 2.30. The molecule has 1 aromatic rings. The Morgan fingerprint density at radius 3 is 3.12 bits per heavy atom. The number of ether oxygens (including phenoxy) is 2. The molecule has 1 atom stereocenters. The number of carbonyl (C=O) groups excluding carboxylic acids is 1. The minimum Gasteiger partial charge on any atom is -0.494 e. The first-order valence-corrected chi connectivity index (χ1v) is 5.42. The van der Waals surface area contributed by atoms with Crippen LogP contribution in [0.4, 0.5) is 0 Å². The van der Waals surface area contributed by atoms with Crippen molar-refractivity contribution in [2.24, 2.45) is 0 Å². The van der Waals surface area contributed by atoms with Gasteiger partial charge in [0.25, 0.3) is 5.91 Å². The molecule has 4 heteroatoms. The van der Waals surface area contributed by atoms with Crippen molar-refractivity contribution in [3.05, 3.63) is 29.8 Å². The van der Waals surface area contributed by atoms with Crippen LogP contribution in [0.3, 0.4) is 0 Å². The molecule has 1 N–H and O–H groups in total. The standard InChI is InChI=1S/C12H15NO3/c1-2-15-10-5-3-4-9(6-10)12(14)13-7-11-8-16-11/h3-6,11H,2,7-8H2,1H3,(H,13,14)/t11-/m1/s1. The molecule has 0 unspecified atom stereocenters. The van der Waals surface area contributed by atoms with Crippen molar-refractivity contribution in [2.75, 3.05) is 19.8 Å². The molecule has 4 nitrogen and oxygen atoms in total. The smallest absolute Gasteiger partial charge is 0.251 e.